The van der Waals surface area contributed by atoms with Crippen LogP contribution >= 0.6 is 0 Å². The van der Waals surface area contributed by atoms with Crippen molar-refractivity contribution in [3.05, 3.63) is 53.4 Å². The minimum atomic E-state index is -4.44. The van der Waals surface area contributed by atoms with Crippen molar-refractivity contribution < 1.29 is 22.0 Å². The van der Waals surface area contributed by atoms with Crippen LogP contribution < -0.4 is 15.8 Å². The van der Waals surface area contributed by atoms with Crippen molar-refractivity contribution in [1.29, 1.82) is 5.26 Å². The molecular formula is C29H40F5N5. The van der Waals surface area contributed by atoms with Gasteiger partial charge in [0, 0.05) is 43.5 Å². The SMILES string of the molecule is CCCCC(CC)N1c2cc(CC(F)F)ccc2C(C#N)C1C1C=CCC(NNC(C)(C)C(F)(F)F)=CN1C. The molecule has 1 aromatic carbocycles. The third-order valence-corrected chi connectivity index (χ3v) is 7.75. The van der Waals surface area contributed by atoms with Crippen LogP contribution in [-0.2, 0) is 6.42 Å². The third kappa shape index (κ3) is 6.86. The minimum Gasteiger partial charge on any atom is -0.370 e. The lowest BCUT2D eigenvalue weighted by Crippen LogP contribution is -2.57. The summed E-state index contributed by atoms with van der Waals surface area (Å²) in [5.74, 6) is -0.501. The fourth-order valence-corrected chi connectivity index (χ4v) is 5.41. The summed E-state index contributed by atoms with van der Waals surface area (Å²) in [5, 5.41) is 10.4. The number of likely N-dealkylation sites (N-methyl/N-ethyl adjacent to an activating group) is 1. The zero-order valence-electron chi connectivity index (χ0n) is 23.3. The maximum Gasteiger partial charge on any atom is 0.407 e. The van der Waals surface area contributed by atoms with Crippen LogP contribution in [0.3, 0.4) is 0 Å². The molecule has 0 aromatic heterocycles. The summed E-state index contributed by atoms with van der Waals surface area (Å²) in [4.78, 5) is 4.19. The normalized spacial score (nSPS) is 22.4. The number of fused-ring (bicyclic) bond motifs is 1. The van der Waals surface area contributed by atoms with Crippen LogP contribution in [0.2, 0.25) is 0 Å². The highest BCUT2D eigenvalue weighted by atomic mass is 19.4. The van der Waals surface area contributed by atoms with Crippen molar-refractivity contribution >= 4 is 5.69 Å². The van der Waals surface area contributed by atoms with E-state index in [1.807, 2.05) is 36.2 Å². The van der Waals surface area contributed by atoms with Gasteiger partial charge in [0.25, 0.3) is 0 Å². The Morgan fingerprint density at radius 3 is 2.49 bits per heavy atom. The van der Waals surface area contributed by atoms with Crippen LogP contribution in [0.1, 0.15) is 76.8 Å². The summed E-state index contributed by atoms with van der Waals surface area (Å²) in [6.07, 6.45) is 2.53. The molecule has 0 saturated heterocycles. The molecule has 5 nitrogen and oxygen atoms in total. The van der Waals surface area contributed by atoms with Crippen molar-refractivity contribution in [2.24, 2.45) is 0 Å². The molecule has 3 rings (SSSR count). The Bertz CT molecular complexity index is 1070. The Labute approximate surface area is 228 Å². The van der Waals surface area contributed by atoms with Gasteiger partial charge in [0.15, 0.2) is 0 Å². The van der Waals surface area contributed by atoms with Crippen molar-refractivity contribution in [3.63, 3.8) is 0 Å². The molecule has 0 aliphatic carbocycles. The first-order chi connectivity index (χ1) is 18.3. The topological polar surface area (TPSA) is 54.3 Å². The van der Waals surface area contributed by atoms with Crippen molar-refractivity contribution in [2.45, 2.75) is 108 Å². The fourth-order valence-electron chi connectivity index (χ4n) is 5.41. The largest absolute Gasteiger partial charge is 0.407 e. The average Bonchev–Trinajstić information content (AvgIpc) is 3.04. The van der Waals surface area contributed by atoms with E-state index in [1.165, 1.54) is 0 Å². The van der Waals surface area contributed by atoms with Crippen molar-refractivity contribution in [3.8, 4) is 6.07 Å². The second-order valence-corrected chi connectivity index (χ2v) is 11.0. The van der Waals surface area contributed by atoms with Crippen LogP contribution in [0.15, 0.2) is 42.2 Å². The Kier molecular flexibility index (Phi) is 9.92. The van der Waals surface area contributed by atoms with E-state index in [0.717, 1.165) is 50.8 Å². The molecule has 2 aliphatic heterocycles. The Morgan fingerprint density at radius 2 is 1.90 bits per heavy atom. The highest BCUT2D eigenvalue weighted by Crippen LogP contribution is 2.46. The van der Waals surface area contributed by atoms with Gasteiger partial charge in [-0.25, -0.2) is 14.2 Å². The van der Waals surface area contributed by atoms with Gasteiger partial charge in [-0.1, -0.05) is 51.0 Å². The lowest BCUT2D eigenvalue weighted by molar-refractivity contribution is -0.188. The van der Waals surface area contributed by atoms with Gasteiger partial charge in [-0.2, -0.15) is 18.4 Å². The predicted molar refractivity (Wildman–Crippen MR) is 144 cm³/mol. The Morgan fingerprint density at radius 1 is 1.18 bits per heavy atom. The van der Waals surface area contributed by atoms with E-state index in [4.69, 9.17) is 0 Å². The van der Waals surface area contributed by atoms with Crippen LogP contribution in [0.4, 0.5) is 27.6 Å². The number of benzene rings is 1. The molecule has 39 heavy (non-hydrogen) atoms. The monoisotopic (exact) mass is 553 g/mol. The first-order valence-corrected chi connectivity index (χ1v) is 13.6. The van der Waals surface area contributed by atoms with Crippen LogP contribution in [-0.4, -0.2) is 48.2 Å². The molecule has 0 saturated carbocycles. The lowest BCUT2D eigenvalue weighted by Gasteiger charge is -2.42. The van der Waals surface area contributed by atoms with E-state index in [1.54, 1.807) is 12.3 Å². The van der Waals surface area contributed by atoms with Crippen molar-refractivity contribution in [2.75, 3.05) is 11.9 Å². The number of nitrogens with one attached hydrogen (secondary N) is 2. The molecule has 4 unspecified atom stereocenters. The van der Waals surface area contributed by atoms with E-state index in [2.05, 4.69) is 35.7 Å². The quantitative estimate of drug-likeness (QED) is 0.179. The number of alkyl halides is 5. The second kappa shape index (κ2) is 12.6. The fraction of sp³-hybridized carbons (Fsp3) is 0.621. The Hall–Kier alpha value is -2.80. The molecule has 0 amide bonds. The molecule has 0 fully saturated rings. The summed E-state index contributed by atoms with van der Waals surface area (Å²) in [7, 11) is 1.85. The van der Waals surface area contributed by atoms with E-state index >= 15 is 0 Å². The molecular weight excluding hydrogens is 513 g/mol. The zero-order valence-corrected chi connectivity index (χ0v) is 23.3. The standard InChI is InChI=1S/C29H40F5N5/c1-6-8-11-21(7-2)39-25-15-19(16-26(30)31)13-14-22(25)23(17-35)27(39)24-12-9-10-20(18-38(24)5)36-37-28(3,4)29(32,33)34/h9,12-15,18,21,23-24,26-27,36-37H,6-8,10-11,16H2,1-5H3. The smallest absolute Gasteiger partial charge is 0.370 e. The predicted octanol–water partition coefficient (Wildman–Crippen LogP) is 6.80. The van der Waals surface area contributed by atoms with E-state index in [-0.39, 0.29) is 24.5 Å². The van der Waals surface area contributed by atoms with Gasteiger partial charge in [0.2, 0.25) is 6.43 Å². The zero-order chi connectivity index (χ0) is 29.0. The van der Waals surface area contributed by atoms with Gasteiger partial charge in [-0.05, 0) is 43.9 Å². The Balaban J connectivity index is 1.99. The number of allylic oxidation sites excluding steroid dienone is 1. The van der Waals surface area contributed by atoms with E-state index in [0.29, 0.717) is 17.7 Å². The summed E-state index contributed by atoms with van der Waals surface area (Å²) < 4.78 is 66.5. The molecule has 2 N–H and O–H groups in total. The number of nitrogens with zero attached hydrogens (tertiary/aromatic N) is 3. The molecule has 1 aromatic rings. The van der Waals surface area contributed by atoms with Gasteiger partial charge < -0.3 is 15.2 Å². The molecule has 2 aliphatic rings. The highest BCUT2D eigenvalue weighted by molar-refractivity contribution is 5.66. The minimum absolute atomic E-state index is 0.106. The number of anilines is 1. The second-order valence-electron chi connectivity index (χ2n) is 11.0. The molecule has 216 valence electrons. The average molecular weight is 554 g/mol. The third-order valence-electron chi connectivity index (χ3n) is 7.75. The lowest BCUT2D eigenvalue weighted by atomic mass is 9.89. The molecule has 10 heteroatoms. The van der Waals surface area contributed by atoms with Gasteiger partial charge in [-0.3, -0.25) is 0 Å². The number of hydrogen-bond donors (Lipinski definition) is 2. The van der Waals surface area contributed by atoms with E-state index in [9.17, 15) is 27.2 Å². The van der Waals surface area contributed by atoms with Gasteiger partial charge in [0.1, 0.15) is 5.54 Å². The van der Waals surface area contributed by atoms with Crippen LogP contribution in [0.25, 0.3) is 0 Å². The van der Waals surface area contributed by atoms with Gasteiger partial charge in [-0.15, -0.1) is 0 Å². The van der Waals surface area contributed by atoms with Crippen LogP contribution in [0, 0.1) is 11.3 Å². The first kappa shape index (κ1) is 30.7. The number of hydrazine groups is 1. The number of hydrogen-bond acceptors (Lipinski definition) is 5. The number of unbranched alkanes of at least 4 members (excludes halogenated alkanes) is 1. The summed E-state index contributed by atoms with van der Waals surface area (Å²) in [5.41, 5.74) is 5.74. The van der Waals surface area contributed by atoms with Gasteiger partial charge in [0.05, 0.1) is 24.1 Å². The van der Waals surface area contributed by atoms with Gasteiger partial charge >= 0.3 is 6.18 Å². The van der Waals surface area contributed by atoms with Crippen molar-refractivity contribution in [1.82, 2.24) is 15.8 Å². The summed E-state index contributed by atoms with van der Waals surface area (Å²) in [6.45, 7) is 6.35. The molecule has 0 radical (unpaired) electrons. The maximum atomic E-state index is 13.3. The van der Waals surface area contributed by atoms with E-state index < -0.39 is 24.1 Å². The summed E-state index contributed by atoms with van der Waals surface area (Å²) >= 11 is 0. The molecule has 2 heterocycles. The molecule has 0 bridgehead atoms. The number of halogens is 5. The molecule has 0 spiro atoms. The highest BCUT2D eigenvalue weighted by Gasteiger charge is 2.48. The number of nitriles is 1. The molecule has 4 atom stereocenters. The summed E-state index contributed by atoms with van der Waals surface area (Å²) in [6, 6.07) is 7.33. The number of rotatable bonds is 11. The first-order valence-electron chi connectivity index (χ1n) is 13.6. The maximum absolute atomic E-state index is 13.3. The van der Waals surface area contributed by atoms with Crippen LogP contribution in [0.5, 0.6) is 0 Å².